The topological polar surface area (TPSA) is 111 Å². The number of halogens is 1. The van der Waals surface area contributed by atoms with Crippen molar-refractivity contribution in [3.05, 3.63) is 87.7 Å². The number of aliphatic carboxylic acids is 1. The summed E-state index contributed by atoms with van der Waals surface area (Å²) in [5.74, 6) is -0.694. The Balaban J connectivity index is 1.22. The molecule has 0 saturated carbocycles. The molecule has 0 unspecified atom stereocenters. The number of aromatic nitrogens is 3. The van der Waals surface area contributed by atoms with Crippen molar-refractivity contribution >= 4 is 28.7 Å². The molecule has 4 heterocycles. The molecule has 0 aliphatic carbocycles. The Hall–Kier alpha value is -4.49. The highest BCUT2D eigenvalue weighted by atomic mass is 35.5. The number of carboxylic acids is 1. The zero-order valence-corrected chi connectivity index (χ0v) is 25.3. The summed E-state index contributed by atoms with van der Waals surface area (Å²) in [6.07, 6.45) is 3.68. The normalized spacial score (nSPS) is 17.2. The van der Waals surface area contributed by atoms with Gasteiger partial charge in [-0.1, -0.05) is 35.9 Å². The SMILES string of the molecule is Cc1c(-c2nc3cc(CN4CC[C@@H](C(=O)O)C4)cc(C#N)c3o2)cccc1-c1cccc(-n2cc3c(n2)CN(C)CC3)c1Cl. The van der Waals surface area contributed by atoms with Crippen LogP contribution < -0.4 is 0 Å². The number of likely N-dealkylation sites (tertiary alicyclic amines) is 1. The second kappa shape index (κ2) is 11.2. The Morgan fingerprint density at radius 2 is 1.95 bits per heavy atom. The first-order valence-electron chi connectivity index (χ1n) is 14.7. The molecular formula is C34H31ClN6O3. The van der Waals surface area contributed by atoms with Crippen molar-refractivity contribution in [2.75, 3.05) is 26.7 Å². The Morgan fingerprint density at radius 1 is 1.16 bits per heavy atom. The summed E-state index contributed by atoms with van der Waals surface area (Å²) in [6.45, 7) is 5.61. The standard InChI is InChI=1S/C34H31ClN6O3/c1-20-25(27-7-4-8-30(31(27)35)41-18-22-9-11-39(2)19-29(22)38-41)5-3-6-26(20)33-37-28-14-21(13-24(15-36)32(28)44-33)16-40-12-10-23(17-40)34(42)43/h3-8,13-14,18,23H,9-12,16-17,19H2,1-2H3,(H,42,43)/t23-/m1/s1. The second-order valence-electron chi connectivity index (χ2n) is 11.8. The number of carboxylic acid groups (broad SMARTS) is 1. The highest BCUT2D eigenvalue weighted by Crippen LogP contribution is 2.39. The van der Waals surface area contributed by atoms with Crippen LogP contribution in [0.5, 0.6) is 0 Å². The van der Waals surface area contributed by atoms with Gasteiger partial charge in [-0.3, -0.25) is 9.69 Å². The summed E-state index contributed by atoms with van der Waals surface area (Å²) in [5, 5.41) is 24.8. The van der Waals surface area contributed by atoms with Crippen LogP contribution in [0.25, 0.3) is 39.4 Å². The Kier molecular flexibility index (Phi) is 7.21. The number of nitriles is 1. The third-order valence-corrected chi connectivity index (χ3v) is 9.23. The van der Waals surface area contributed by atoms with Crippen molar-refractivity contribution in [3.63, 3.8) is 0 Å². The summed E-state index contributed by atoms with van der Waals surface area (Å²) in [5.41, 5.74) is 9.11. The maximum Gasteiger partial charge on any atom is 0.307 e. The van der Waals surface area contributed by atoms with E-state index in [1.54, 1.807) is 0 Å². The lowest BCUT2D eigenvalue weighted by Crippen LogP contribution is -2.26. The van der Waals surface area contributed by atoms with Crippen molar-refractivity contribution in [2.24, 2.45) is 5.92 Å². The zero-order chi connectivity index (χ0) is 30.5. The molecular weight excluding hydrogens is 576 g/mol. The largest absolute Gasteiger partial charge is 0.481 e. The van der Waals surface area contributed by atoms with E-state index in [0.29, 0.717) is 53.6 Å². The van der Waals surface area contributed by atoms with Gasteiger partial charge in [-0.2, -0.15) is 10.4 Å². The van der Waals surface area contributed by atoms with Crippen LogP contribution in [0.2, 0.25) is 5.02 Å². The van der Waals surface area contributed by atoms with Gasteiger partial charge in [-0.05, 0) is 79.9 Å². The summed E-state index contributed by atoms with van der Waals surface area (Å²) < 4.78 is 8.11. The van der Waals surface area contributed by atoms with Crippen LogP contribution >= 0.6 is 11.6 Å². The monoisotopic (exact) mass is 606 g/mol. The highest BCUT2D eigenvalue weighted by molar-refractivity contribution is 6.35. The fourth-order valence-electron chi connectivity index (χ4n) is 6.44. The first-order chi connectivity index (χ1) is 21.3. The van der Waals surface area contributed by atoms with E-state index in [1.165, 1.54) is 5.56 Å². The van der Waals surface area contributed by atoms with Crippen molar-refractivity contribution in [1.82, 2.24) is 24.6 Å². The molecule has 222 valence electrons. The van der Waals surface area contributed by atoms with Crippen LogP contribution in [0.15, 0.2) is 59.1 Å². The van der Waals surface area contributed by atoms with Gasteiger partial charge in [0, 0.05) is 43.5 Å². The van der Waals surface area contributed by atoms with E-state index < -0.39 is 5.97 Å². The molecule has 2 aliphatic heterocycles. The third kappa shape index (κ3) is 5.05. The van der Waals surface area contributed by atoms with Crippen molar-refractivity contribution in [3.8, 4) is 34.3 Å². The zero-order valence-electron chi connectivity index (χ0n) is 24.5. The smallest absolute Gasteiger partial charge is 0.307 e. The maximum atomic E-state index is 11.4. The first kappa shape index (κ1) is 28.3. The summed E-state index contributed by atoms with van der Waals surface area (Å²) in [4.78, 5) is 20.6. The molecule has 0 spiro atoms. The van der Waals surface area contributed by atoms with Crippen LogP contribution in [0.4, 0.5) is 0 Å². The molecule has 0 radical (unpaired) electrons. The molecule has 3 aromatic carbocycles. The number of nitrogens with zero attached hydrogens (tertiary/aromatic N) is 6. The molecule has 2 aliphatic rings. The molecule has 10 heteroatoms. The number of hydrogen-bond donors (Lipinski definition) is 1. The lowest BCUT2D eigenvalue weighted by molar-refractivity contribution is -0.141. The molecule has 44 heavy (non-hydrogen) atoms. The number of oxazole rings is 1. The molecule has 7 rings (SSSR count). The van der Waals surface area contributed by atoms with Crippen LogP contribution in [0.3, 0.4) is 0 Å². The Morgan fingerprint density at radius 3 is 2.75 bits per heavy atom. The number of fused-ring (bicyclic) bond motifs is 2. The minimum atomic E-state index is -0.763. The fourth-order valence-corrected chi connectivity index (χ4v) is 6.75. The van der Waals surface area contributed by atoms with E-state index in [9.17, 15) is 15.2 Å². The van der Waals surface area contributed by atoms with Crippen molar-refractivity contribution < 1.29 is 14.3 Å². The molecule has 0 amide bonds. The Labute approximate surface area is 259 Å². The van der Waals surface area contributed by atoms with E-state index in [4.69, 9.17) is 26.1 Å². The number of benzene rings is 3. The highest BCUT2D eigenvalue weighted by Gasteiger charge is 2.28. The van der Waals surface area contributed by atoms with Crippen molar-refractivity contribution in [2.45, 2.75) is 32.9 Å². The van der Waals surface area contributed by atoms with Crippen LogP contribution in [0, 0.1) is 24.2 Å². The molecule has 1 N–H and O–H groups in total. The average molecular weight is 607 g/mol. The molecule has 9 nitrogen and oxygen atoms in total. The first-order valence-corrected chi connectivity index (χ1v) is 15.1. The van der Waals surface area contributed by atoms with Gasteiger partial charge in [0.1, 0.15) is 11.6 Å². The van der Waals surface area contributed by atoms with Gasteiger partial charge in [-0.15, -0.1) is 0 Å². The summed E-state index contributed by atoms with van der Waals surface area (Å²) in [7, 11) is 2.11. The average Bonchev–Trinajstić information content (AvgIpc) is 3.75. The van der Waals surface area contributed by atoms with E-state index in [1.807, 2.05) is 60.1 Å². The summed E-state index contributed by atoms with van der Waals surface area (Å²) in [6, 6.07) is 17.9. The molecule has 1 atom stereocenters. The number of likely N-dealkylation sites (N-methyl/N-ethyl adjacent to an activating group) is 1. The van der Waals surface area contributed by atoms with E-state index >= 15 is 0 Å². The van der Waals surface area contributed by atoms with E-state index in [2.05, 4.69) is 29.1 Å². The predicted molar refractivity (Wildman–Crippen MR) is 168 cm³/mol. The van der Waals surface area contributed by atoms with E-state index in [-0.39, 0.29) is 5.92 Å². The van der Waals surface area contributed by atoms with Crippen LogP contribution in [0.1, 0.15) is 34.4 Å². The predicted octanol–water partition coefficient (Wildman–Crippen LogP) is 6.08. The molecule has 0 bridgehead atoms. The number of rotatable bonds is 6. The van der Waals surface area contributed by atoms with E-state index in [0.717, 1.165) is 58.7 Å². The third-order valence-electron chi connectivity index (χ3n) is 8.84. The lowest BCUT2D eigenvalue weighted by atomic mass is 9.96. The van der Waals surface area contributed by atoms with Crippen LogP contribution in [-0.2, 0) is 24.3 Å². The molecule has 2 aromatic heterocycles. The van der Waals surface area contributed by atoms with Gasteiger partial charge in [0.2, 0.25) is 5.89 Å². The van der Waals surface area contributed by atoms with Gasteiger partial charge in [0.05, 0.1) is 27.9 Å². The van der Waals surface area contributed by atoms with Gasteiger partial charge >= 0.3 is 5.97 Å². The molecule has 5 aromatic rings. The van der Waals surface area contributed by atoms with Crippen LogP contribution in [-0.4, -0.2) is 62.3 Å². The van der Waals surface area contributed by atoms with Gasteiger partial charge in [0.15, 0.2) is 5.58 Å². The minimum absolute atomic E-state index is 0.357. The maximum absolute atomic E-state index is 11.4. The van der Waals surface area contributed by atoms with Gasteiger partial charge in [-0.25, -0.2) is 9.67 Å². The molecule has 1 saturated heterocycles. The van der Waals surface area contributed by atoms with Crippen molar-refractivity contribution in [1.29, 1.82) is 5.26 Å². The summed E-state index contributed by atoms with van der Waals surface area (Å²) >= 11 is 7.07. The lowest BCUT2D eigenvalue weighted by Gasteiger charge is -2.20. The Bertz CT molecular complexity index is 1970. The van der Waals surface area contributed by atoms with Gasteiger partial charge < -0.3 is 14.4 Å². The molecule has 1 fully saturated rings. The number of hydrogen-bond acceptors (Lipinski definition) is 7. The quantitative estimate of drug-likeness (QED) is 0.248. The minimum Gasteiger partial charge on any atom is -0.481 e. The second-order valence-corrected chi connectivity index (χ2v) is 12.2. The number of carbonyl (C=O) groups is 1. The van der Waals surface area contributed by atoms with Gasteiger partial charge in [0.25, 0.3) is 0 Å². The fraction of sp³-hybridized carbons (Fsp3) is 0.294.